The van der Waals surface area contributed by atoms with Gasteiger partial charge in [-0.3, -0.25) is 9.69 Å². The van der Waals surface area contributed by atoms with Gasteiger partial charge in [-0.2, -0.15) is 5.26 Å². The first-order valence-corrected chi connectivity index (χ1v) is 7.69. The molecule has 2 unspecified atom stereocenters. The van der Waals surface area contributed by atoms with Gasteiger partial charge in [0.2, 0.25) is 5.91 Å². The summed E-state index contributed by atoms with van der Waals surface area (Å²) in [5.41, 5.74) is 0.925. The average Bonchev–Trinajstić information content (AvgIpc) is 3.31. The first-order valence-electron chi connectivity index (χ1n) is 7.31. The molecule has 5 nitrogen and oxygen atoms in total. The molecule has 2 rings (SSSR count). The number of likely N-dealkylation sites (N-methyl/N-ethyl adjacent to an activating group) is 1. The Balaban J connectivity index is 1.92. The molecular weight excluding hydrogens is 302 g/mol. The normalized spacial score (nSPS) is 16.9. The Morgan fingerprint density at radius 1 is 1.59 bits per heavy atom. The minimum absolute atomic E-state index is 0.175. The summed E-state index contributed by atoms with van der Waals surface area (Å²) in [7, 11) is 1.82. The van der Waals surface area contributed by atoms with Gasteiger partial charge < -0.3 is 10.4 Å². The molecule has 1 aliphatic carbocycles. The molecule has 0 saturated heterocycles. The molecule has 0 aromatic heterocycles. The van der Waals surface area contributed by atoms with Gasteiger partial charge in [-0.05, 0) is 50.9 Å². The lowest BCUT2D eigenvalue weighted by atomic mass is 10.2. The van der Waals surface area contributed by atoms with Crippen molar-refractivity contribution in [3.8, 4) is 6.07 Å². The van der Waals surface area contributed by atoms with Crippen LogP contribution in [0.4, 0.5) is 5.69 Å². The number of anilines is 1. The Bertz CT molecular complexity index is 596. The molecule has 1 fully saturated rings. The summed E-state index contributed by atoms with van der Waals surface area (Å²) in [5.74, 6) is 0.210. The number of nitriles is 1. The zero-order valence-electron chi connectivity index (χ0n) is 12.7. The number of hydrogen-bond donors (Lipinski definition) is 2. The van der Waals surface area contributed by atoms with Gasteiger partial charge in [0.05, 0.1) is 22.7 Å². The number of nitrogens with zero attached hydrogens (tertiary/aromatic N) is 2. The van der Waals surface area contributed by atoms with Crippen LogP contribution in [-0.4, -0.2) is 41.7 Å². The second-order valence-corrected chi connectivity index (χ2v) is 6.22. The van der Waals surface area contributed by atoms with Crippen molar-refractivity contribution < 1.29 is 9.90 Å². The van der Waals surface area contributed by atoms with Gasteiger partial charge in [-0.25, -0.2) is 0 Å². The van der Waals surface area contributed by atoms with Crippen LogP contribution in [0.2, 0.25) is 5.02 Å². The summed E-state index contributed by atoms with van der Waals surface area (Å²) in [6, 6.07) is 6.38. The van der Waals surface area contributed by atoms with E-state index >= 15 is 0 Å². The van der Waals surface area contributed by atoms with Gasteiger partial charge in [0.25, 0.3) is 0 Å². The van der Waals surface area contributed by atoms with E-state index in [-0.39, 0.29) is 18.1 Å². The van der Waals surface area contributed by atoms with Crippen molar-refractivity contribution in [2.24, 2.45) is 5.92 Å². The number of benzene rings is 1. The molecule has 2 atom stereocenters. The van der Waals surface area contributed by atoms with Crippen molar-refractivity contribution in [1.82, 2.24) is 4.90 Å². The third kappa shape index (κ3) is 4.20. The number of rotatable bonds is 6. The minimum Gasteiger partial charge on any atom is -0.392 e. The van der Waals surface area contributed by atoms with E-state index in [0.717, 1.165) is 12.8 Å². The van der Waals surface area contributed by atoms with Crippen LogP contribution in [-0.2, 0) is 4.79 Å². The van der Waals surface area contributed by atoms with Gasteiger partial charge in [0, 0.05) is 12.2 Å². The highest BCUT2D eigenvalue weighted by atomic mass is 35.5. The van der Waals surface area contributed by atoms with Crippen LogP contribution in [0.1, 0.15) is 25.3 Å². The second-order valence-electron chi connectivity index (χ2n) is 5.82. The molecule has 6 heteroatoms. The molecule has 1 aliphatic rings. The number of carbonyl (C=O) groups is 1. The minimum atomic E-state index is -0.372. The van der Waals surface area contributed by atoms with Crippen LogP contribution in [0.15, 0.2) is 18.2 Å². The van der Waals surface area contributed by atoms with E-state index in [0.29, 0.717) is 28.7 Å². The molecule has 0 aliphatic heterocycles. The van der Waals surface area contributed by atoms with E-state index in [1.54, 1.807) is 25.1 Å². The van der Waals surface area contributed by atoms with Crippen LogP contribution in [0, 0.1) is 17.2 Å². The van der Waals surface area contributed by atoms with Crippen molar-refractivity contribution in [2.45, 2.75) is 31.9 Å². The van der Waals surface area contributed by atoms with Crippen LogP contribution in [0.25, 0.3) is 0 Å². The number of nitrogens with one attached hydrogen (secondary N) is 1. The van der Waals surface area contributed by atoms with Crippen molar-refractivity contribution in [1.29, 1.82) is 5.26 Å². The van der Waals surface area contributed by atoms with Crippen LogP contribution < -0.4 is 5.32 Å². The average molecular weight is 322 g/mol. The maximum Gasteiger partial charge on any atom is 0.241 e. The van der Waals surface area contributed by atoms with E-state index in [1.165, 1.54) is 0 Å². The lowest BCUT2D eigenvalue weighted by molar-refractivity contribution is -0.120. The molecule has 0 bridgehead atoms. The highest BCUT2D eigenvalue weighted by molar-refractivity contribution is 6.32. The Labute approximate surface area is 135 Å². The van der Waals surface area contributed by atoms with Crippen LogP contribution in [0.3, 0.4) is 0 Å². The third-order valence-corrected chi connectivity index (χ3v) is 4.35. The molecule has 22 heavy (non-hydrogen) atoms. The summed E-state index contributed by atoms with van der Waals surface area (Å²) in [4.78, 5) is 14.1. The van der Waals surface area contributed by atoms with Crippen LogP contribution >= 0.6 is 11.6 Å². The van der Waals surface area contributed by atoms with Crippen LogP contribution in [0.5, 0.6) is 0 Å². The Hall–Kier alpha value is -1.61. The molecule has 1 aromatic carbocycles. The fraction of sp³-hybridized carbons (Fsp3) is 0.500. The number of carbonyl (C=O) groups excluding carboxylic acids is 1. The zero-order valence-corrected chi connectivity index (χ0v) is 13.5. The third-order valence-electron chi connectivity index (χ3n) is 4.04. The summed E-state index contributed by atoms with van der Waals surface area (Å²) < 4.78 is 0. The smallest absolute Gasteiger partial charge is 0.241 e. The summed E-state index contributed by atoms with van der Waals surface area (Å²) in [6.45, 7) is 2.27. The maximum atomic E-state index is 12.2. The molecule has 0 spiro atoms. The topological polar surface area (TPSA) is 76.4 Å². The fourth-order valence-corrected chi connectivity index (χ4v) is 2.44. The SMILES string of the molecule is CC(C(=O)Nc1ccc(C#N)c(Cl)c1)N(C)CC(O)C1CC1. The van der Waals surface area contributed by atoms with Gasteiger partial charge in [0.15, 0.2) is 0 Å². The lowest BCUT2D eigenvalue weighted by Crippen LogP contribution is -2.43. The first-order chi connectivity index (χ1) is 10.4. The number of aliphatic hydroxyl groups excluding tert-OH is 1. The summed E-state index contributed by atoms with van der Waals surface area (Å²) in [6.07, 6.45) is 1.77. The second kappa shape index (κ2) is 7.10. The first kappa shape index (κ1) is 16.8. The molecule has 1 aromatic rings. The number of hydrogen-bond acceptors (Lipinski definition) is 4. The number of amides is 1. The van der Waals surface area contributed by atoms with E-state index in [9.17, 15) is 9.90 Å². The quantitative estimate of drug-likeness (QED) is 0.842. The predicted octanol–water partition coefficient (Wildman–Crippen LogP) is 2.24. The molecule has 1 amide bonds. The van der Waals surface area contributed by atoms with E-state index in [2.05, 4.69) is 5.32 Å². The van der Waals surface area contributed by atoms with Crippen molar-refractivity contribution in [2.75, 3.05) is 18.9 Å². The maximum absolute atomic E-state index is 12.2. The molecule has 0 heterocycles. The van der Waals surface area contributed by atoms with E-state index in [4.69, 9.17) is 16.9 Å². The Morgan fingerprint density at radius 3 is 2.82 bits per heavy atom. The number of aliphatic hydroxyl groups is 1. The monoisotopic (exact) mass is 321 g/mol. The van der Waals surface area contributed by atoms with E-state index < -0.39 is 0 Å². The summed E-state index contributed by atoms with van der Waals surface area (Å²) in [5, 5.41) is 21.9. The van der Waals surface area contributed by atoms with Crippen molar-refractivity contribution in [3.63, 3.8) is 0 Å². The highest BCUT2D eigenvalue weighted by Gasteiger charge is 2.31. The molecule has 0 radical (unpaired) electrons. The predicted molar refractivity (Wildman–Crippen MR) is 85.6 cm³/mol. The van der Waals surface area contributed by atoms with Gasteiger partial charge in [-0.1, -0.05) is 11.6 Å². The lowest BCUT2D eigenvalue weighted by Gasteiger charge is -2.26. The van der Waals surface area contributed by atoms with E-state index in [1.807, 2.05) is 18.0 Å². The molecule has 2 N–H and O–H groups in total. The number of halogens is 1. The molecule has 1 saturated carbocycles. The Kier molecular flexibility index (Phi) is 5.41. The fourth-order valence-electron chi connectivity index (χ4n) is 2.21. The van der Waals surface area contributed by atoms with Gasteiger partial charge in [0.1, 0.15) is 6.07 Å². The van der Waals surface area contributed by atoms with Gasteiger partial charge in [-0.15, -0.1) is 0 Å². The zero-order chi connectivity index (χ0) is 16.3. The highest BCUT2D eigenvalue weighted by Crippen LogP contribution is 2.32. The molecular formula is C16H20ClN3O2. The Morgan fingerprint density at radius 2 is 2.27 bits per heavy atom. The van der Waals surface area contributed by atoms with Crippen molar-refractivity contribution in [3.05, 3.63) is 28.8 Å². The molecule has 118 valence electrons. The standard InChI is InChI=1S/C16H20ClN3O2/c1-10(20(2)9-15(21)11-3-4-11)16(22)19-13-6-5-12(8-18)14(17)7-13/h5-7,10-11,15,21H,3-4,9H2,1-2H3,(H,19,22). The largest absolute Gasteiger partial charge is 0.392 e. The summed E-state index contributed by atoms with van der Waals surface area (Å²) >= 11 is 5.95. The van der Waals surface area contributed by atoms with Crippen molar-refractivity contribution >= 4 is 23.2 Å². The van der Waals surface area contributed by atoms with Gasteiger partial charge >= 0.3 is 0 Å².